The zero-order valence-corrected chi connectivity index (χ0v) is 8.54. The van der Waals surface area contributed by atoms with Gasteiger partial charge in [0, 0.05) is 13.0 Å². The number of rotatable bonds is 3. The maximum atomic E-state index is 5.64. The van der Waals surface area contributed by atoms with E-state index in [2.05, 4.69) is 10.4 Å². The molecule has 1 unspecified atom stereocenters. The molecule has 1 aliphatic carbocycles. The highest BCUT2D eigenvalue weighted by Crippen LogP contribution is 2.24. The number of hydrogen-bond donors (Lipinski definition) is 2. The lowest BCUT2D eigenvalue weighted by atomic mass is 10.1. The summed E-state index contributed by atoms with van der Waals surface area (Å²) in [6.45, 7) is 0.895. The van der Waals surface area contributed by atoms with Crippen molar-refractivity contribution in [2.45, 2.75) is 50.7 Å². The first-order chi connectivity index (χ1) is 6.88. The van der Waals surface area contributed by atoms with Gasteiger partial charge in [-0.1, -0.05) is 0 Å². The minimum atomic E-state index is 0.331. The molecule has 4 nitrogen and oxygen atoms in total. The Bertz CT molecular complexity index is 207. The number of nitrogens with zero attached hydrogens (tertiary/aromatic N) is 1. The van der Waals surface area contributed by atoms with Crippen LogP contribution in [0.1, 0.15) is 38.5 Å². The fourth-order valence-corrected chi connectivity index (χ4v) is 1.76. The topological polar surface area (TPSA) is 59.6 Å². The summed E-state index contributed by atoms with van der Waals surface area (Å²) in [5, 5.41) is 0. The van der Waals surface area contributed by atoms with Crippen LogP contribution >= 0.6 is 0 Å². The fraction of sp³-hybridized carbons (Fsp3) is 0.900. The van der Waals surface area contributed by atoms with Gasteiger partial charge in [-0.25, -0.2) is 5.84 Å². The van der Waals surface area contributed by atoms with E-state index in [0.717, 1.165) is 25.3 Å². The van der Waals surface area contributed by atoms with E-state index in [1.807, 2.05) is 0 Å². The Balaban J connectivity index is 1.80. The molecule has 1 heterocycles. The number of hydrazine groups is 1. The molecule has 1 saturated heterocycles. The van der Waals surface area contributed by atoms with Gasteiger partial charge in [-0.05, 0) is 32.1 Å². The quantitative estimate of drug-likeness (QED) is 0.307. The highest BCUT2D eigenvalue weighted by molar-refractivity contribution is 5.82. The van der Waals surface area contributed by atoms with E-state index in [9.17, 15) is 0 Å². The van der Waals surface area contributed by atoms with Gasteiger partial charge in [-0.2, -0.15) is 0 Å². The van der Waals surface area contributed by atoms with Crippen LogP contribution in [-0.2, 0) is 4.74 Å². The van der Waals surface area contributed by atoms with E-state index in [4.69, 9.17) is 10.6 Å². The Morgan fingerprint density at radius 1 is 1.36 bits per heavy atom. The standard InChI is InChI=1S/C10H19N3O/c11-13-10(12-8-4-5-8)7-9-3-1-2-6-14-9/h8-9H,1-7,11H2,(H,12,13). The Labute approximate surface area is 84.9 Å². The Morgan fingerprint density at radius 3 is 2.79 bits per heavy atom. The summed E-state index contributed by atoms with van der Waals surface area (Å²) in [6.07, 6.45) is 7.23. The van der Waals surface area contributed by atoms with Gasteiger partial charge in [-0.3, -0.25) is 4.99 Å². The first kappa shape index (κ1) is 9.93. The molecule has 1 saturated carbocycles. The second-order valence-electron chi connectivity index (χ2n) is 4.14. The third-order valence-electron chi connectivity index (χ3n) is 2.75. The lowest BCUT2D eigenvalue weighted by Crippen LogP contribution is -2.35. The van der Waals surface area contributed by atoms with Gasteiger partial charge < -0.3 is 10.2 Å². The highest BCUT2D eigenvalue weighted by Gasteiger charge is 2.22. The van der Waals surface area contributed by atoms with E-state index >= 15 is 0 Å². The summed E-state index contributed by atoms with van der Waals surface area (Å²) < 4.78 is 5.64. The van der Waals surface area contributed by atoms with Gasteiger partial charge >= 0.3 is 0 Å². The first-order valence-corrected chi connectivity index (χ1v) is 5.53. The van der Waals surface area contributed by atoms with Crippen LogP contribution < -0.4 is 11.3 Å². The molecule has 4 heteroatoms. The molecule has 0 aromatic heterocycles. The van der Waals surface area contributed by atoms with Crippen LogP contribution in [0.25, 0.3) is 0 Å². The van der Waals surface area contributed by atoms with Crippen molar-refractivity contribution < 1.29 is 4.74 Å². The monoisotopic (exact) mass is 197 g/mol. The van der Waals surface area contributed by atoms with Crippen LogP contribution in [0.5, 0.6) is 0 Å². The van der Waals surface area contributed by atoms with E-state index in [1.54, 1.807) is 0 Å². The molecule has 0 amide bonds. The zero-order chi connectivity index (χ0) is 9.80. The third-order valence-corrected chi connectivity index (χ3v) is 2.75. The number of nitrogens with two attached hydrogens (primary N) is 1. The van der Waals surface area contributed by atoms with Gasteiger partial charge in [0.15, 0.2) is 0 Å². The van der Waals surface area contributed by atoms with Gasteiger partial charge in [-0.15, -0.1) is 0 Å². The second-order valence-corrected chi connectivity index (χ2v) is 4.14. The molecule has 1 atom stereocenters. The predicted octanol–water partition coefficient (Wildman–Crippen LogP) is 0.970. The van der Waals surface area contributed by atoms with Crippen LogP contribution in [0.15, 0.2) is 4.99 Å². The van der Waals surface area contributed by atoms with Gasteiger partial charge in [0.1, 0.15) is 5.84 Å². The molecule has 2 aliphatic rings. The number of hydrogen-bond acceptors (Lipinski definition) is 3. The second kappa shape index (κ2) is 4.75. The Kier molecular flexibility index (Phi) is 3.37. The van der Waals surface area contributed by atoms with E-state index in [-0.39, 0.29) is 0 Å². The van der Waals surface area contributed by atoms with E-state index in [0.29, 0.717) is 12.1 Å². The molecular formula is C10H19N3O. The highest BCUT2D eigenvalue weighted by atomic mass is 16.5. The van der Waals surface area contributed by atoms with Crippen LogP contribution in [0.3, 0.4) is 0 Å². The molecule has 0 spiro atoms. The maximum absolute atomic E-state index is 5.64. The van der Waals surface area contributed by atoms with Gasteiger partial charge in [0.2, 0.25) is 0 Å². The molecule has 3 N–H and O–H groups in total. The summed E-state index contributed by atoms with van der Waals surface area (Å²) in [5.41, 5.74) is 2.69. The van der Waals surface area contributed by atoms with Crippen molar-refractivity contribution in [2.24, 2.45) is 10.8 Å². The molecule has 0 aromatic carbocycles. The molecule has 80 valence electrons. The molecule has 2 fully saturated rings. The Hall–Kier alpha value is -0.610. The van der Waals surface area contributed by atoms with Crippen molar-refractivity contribution in [3.63, 3.8) is 0 Å². The predicted molar refractivity (Wildman–Crippen MR) is 56.0 cm³/mol. The summed E-state index contributed by atoms with van der Waals surface area (Å²) in [7, 11) is 0. The van der Waals surface area contributed by atoms with Crippen LogP contribution in [0, 0.1) is 0 Å². The summed E-state index contributed by atoms with van der Waals surface area (Å²) in [4.78, 5) is 4.50. The van der Waals surface area contributed by atoms with Crippen molar-refractivity contribution in [1.82, 2.24) is 5.43 Å². The summed E-state index contributed by atoms with van der Waals surface area (Å²) in [5.74, 6) is 6.35. The average Bonchev–Trinajstić information content (AvgIpc) is 3.02. The average molecular weight is 197 g/mol. The van der Waals surface area contributed by atoms with Crippen LogP contribution in [-0.4, -0.2) is 24.6 Å². The molecular weight excluding hydrogens is 178 g/mol. The number of aliphatic imine (C=N–C) groups is 1. The molecule has 14 heavy (non-hydrogen) atoms. The van der Waals surface area contributed by atoms with Crippen molar-refractivity contribution in [1.29, 1.82) is 0 Å². The first-order valence-electron chi connectivity index (χ1n) is 5.53. The summed E-state index contributed by atoms with van der Waals surface area (Å²) >= 11 is 0. The smallest absolute Gasteiger partial charge is 0.113 e. The normalized spacial score (nSPS) is 28.9. The fourth-order valence-electron chi connectivity index (χ4n) is 1.76. The lowest BCUT2D eigenvalue weighted by molar-refractivity contribution is 0.0206. The molecule has 1 aliphatic heterocycles. The van der Waals surface area contributed by atoms with Crippen molar-refractivity contribution in [3.8, 4) is 0 Å². The van der Waals surface area contributed by atoms with E-state index in [1.165, 1.54) is 25.7 Å². The largest absolute Gasteiger partial charge is 0.378 e. The third kappa shape index (κ3) is 2.96. The number of ether oxygens (including phenoxy) is 1. The lowest BCUT2D eigenvalue weighted by Gasteiger charge is -2.22. The summed E-state index contributed by atoms with van der Waals surface area (Å²) in [6, 6.07) is 0.532. The molecule has 2 rings (SSSR count). The zero-order valence-electron chi connectivity index (χ0n) is 8.54. The maximum Gasteiger partial charge on any atom is 0.113 e. The number of nitrogens with one attached hydrogen (secondary N) is 1. The van der Waals surface area contributed by atoms with Crippen molar-refractivity contribution in [3.05, 3.63) is 0 Å². The van der Waals surface area contributed by atoms with Crippen molar-refractivity contribution in [2.75, 3.05) is 6.61 Å². The van der Waals surface area contributed by atoms with Crippen LogP contribution in [0.4, 0.5) is 0 Å². The molecule has 0 aromatic rings. The van der Waals surface area contributed by atoms with Gasteiger partial charge in [0.05, 0.1) is 12.1 Å². The van der Waals surface area contributed by atoms with E-state index < -0.39 is 0 Å². The minimum Gasteiger partial charge on any atom is -0.378 e. The van der Waals surface area contributed by atoms with Gasteiger partial charge in [0.25, 0.3) is 0 Å². The number of amidine groups is 1. The SMILES string of the molecule is NNC(CC1CCCCO1)=NC1CC1. The van der Waals surface area contributed by atoms with Crippen LogP contribution in [0.2, 0.25) is 0 Å². The Morgan fingerprint density at radius 2 is 2.21 bits per heavy atom. The van der Waals surface area contributed by atoms with Crippen molar-refractivity contribution >= 4 is 5.84 Å². The minimum absolute atomic E-state index is 0.331. The molecule has 0 bridgehead atoms. The molecule has 0 radical (unpaired) electrons.